The maximum Gasteiger partial charge on any atom is 0.337 e. The van der Waals surface area contributed by atoms with Crippen LogP contribution >= 0.6 is 0 Å². The number of aliphatic hydroxyl groups is 1. The second-order valence-electron chi connectivity index (χ2n) is 4.46. The Morgan fingerprint density at radius 2 is 1.90 bits per heavy atom. The standard InChI is InChI=1S/C13H17FN2O4/c1-3-16(10-6-4-9(14)5-7-10)12(19)15-8-13(2,20)11(17)18/h4-7,20H,3,8H2,1-2H3,(H,15,19)(H,17,18). The summed E-state index contributed by atoms with van der Waals surface area (Å²) in [4.78, 5) is 24.0. The van der Waals surface area contributed by atoms with Crippen molar-refractivity contribution in [3.8, 4) is 0 Å². The SMILES string of the molecule is CCN(C(=O)NCC(C)(O)C(=O)O)c1ccc(F)cc1. The number of carboxylic acids is 1. The Hall–Kier alpha value is -2.15. The zero-order valence-corrected chi connectivity index (χ0v) is 11.3. The minimum atomic E-state index is -2.04. The van der Waals surface area contributed by atoms with Crippen molar-refractivity contribution in [2.45, 2.75) is 19.4 Å². The monoisotopic (exact) mass is 284 g/mol. The highest BCUT2D eigenvalue weighted by atomic mass is 19.1. The number of carbonyl (C=O) groups excluding carboxylic acids is 1. The number of hydrogen-bond acceptors (Lipinski definition) is 3. The molecule has 7 heteroatoms. The van der Waals surface area contributed by atoms with Gasteiger partial charge in [-0.2, -0.15) is 0 Å². The van der Waals surface area contributed by atoms with E-state index in [2.05, 4.69) is 5.32 Å². The largest absolute Gasteiger partial charge is 0.479 e. The topological polar surface area (TPSA) is 89.9 Å². The van der Waals surface area contributed by atoms with Crippen LogP contribution in [0.5, 0.6) is 0 Å². The van der Waals surface area contributed by atoms with Gasteiger partial charge in [0.2, 0.25) is 0 Å². The Balaban J connectivity index is 2.73. The summed E-state index contributed by atoms with van der Waals surface area (Å²) in [5.74, 6) is -1.85. The molecule has 0 aromatic heterocycles. The molecule has 0 radical (unpaired) electrons. The van der Waals surface area contributed by atoms with Crippen LogP contribution in [0.15, 0.2) is 24.3 Å². The van der Waals surface area contributed by atoms with Crippen molar-refractivity contribution in [1.82, 2.24) is 5.32 Å². The lowest BCUT2D eigenvalue weighted by Crippen LogP contribution is -2.50. The van der Waals surface area contributed by atoms with Crippen LogP contribution in [0.3, 0.4) is 0 Å². The Morgan fingerprint density at radius 1 is 1.35 bits per heavy atom. The molecule has 1 aromatic rings. The Morgan fingerprint density at radius 3 is 2.35 bits per heavy atom. The lowest BCUT2D eigenvalue weighted by atomic mass is 10.1. The van der Waals surface area contributed by atoms with Gasteiger partial charge >= 0.3 is 12.0 Å². The minimum Gasteiger partial charge on any atom is -0.479 e. The summed E-state index contributed by atoms with van der Waals surface area (Å²) < 4.78 is 12.8. The van der Waals surface area contributed by atoms with Crippen LogP contribution in [-0.4, -0.2) is 40.9 Å². The Kier molecular flexibility index (Phi) is 5.04. The second-order valence-corrected chi connectivity index (χ2v) is 4.46. The molecular formula is C13H17FN2O4. The molecule has 6 nitrogen and oxygen atoms in total. The average molecular weight is 284 g/mol. The summed E-state index contributed by atoms with van der Waals surface area (Å²) in [5, 5.41) is 20.6. The molecule has 3 N–H and O–H groups in total. The Bertz CT molecular complexity index is 488. The second kappa shape index (κ2) is 6.33. The molecule has 0 aliphatic rings. The highest BCUT2D eigenvalue weighted by Crippen LogP contribution is 2.14. The number of amides is 2. The molecule has 0 saturated heterocycles. The number of halogens is 1. The highest BCUT2D eigenvalue weighted by molar-refractivity contribution is 5.92. The first-order valence-electron chi connectivity index (χ1n) is 6.04. The zero-order chi connectivity index (χ0) is 15.3. The molecule has 1 rings (SSSR count). The first-order chi connectivity index (χ1) is 9.27. The molecule has 2 amide bonds. The number of anilines is 1. The lowest BCUT2D eigenvalue weighted by molar-refractivity contribution is -0.155. The van der Waals surface area contributed by atoms with Crippen molar-refractivity contribution >= 4 is 17.7 Å². The van der Waals surface area contributed by atoms with E-state index in [0.717, 1.165) is 6.92 Å². The van der Waals surface area contributed by atoms with Crippen molar-refractivity contribution in [3.63, 3.8) is 0 Å². The lowest BCUT2D eigenvalue weighted by Gasteiger charge is -2.24. The van der Waals surface area contributed by atoms with Crippen LogP contribution < -0.4 is 10.2 Å². The van der Waals surface area contributed by atoms with E-state index in [1.165, 1.54) is 29.2 Å². The molecular weight excluding hydrogens is 267 g/mol. The summed E-state index contributed by atoms with van der Waals surface area (Å²) in [5.41, 5.74) is -1.57. The molecule has 0 spiro atoms. The third kappa shape index (κ3) is 3.92. The normalized spacial score (nSPS) is 13.4. The van der Waals surface area contributed by atoms with Gasteiger partial charge < -0.3 is 15.5 Å². The number of urea groups is 1. The third-order valence-corrected chi connectivity index (χ3v) is 2.74. The van der Waals surface area contributed by atoms with Crippen LogP contribution in [0.1, 0.15) is 13.8 Å². The fourth-order valence-corrected chi connectivity index (χ4v) is 1.48. The molecule has 0 saturated carbocycles. The Labute approximate surface area is 115 Å². The molecule has 0 aliphatic carbocycles. The van der Waals surface area contributed by atoms with Crippen molar-refractivity contribution in [2.75, 3.05) is 18.0 Å². The van der Waals surface area contributed by atoms with Crippen molar-refractivity contribution < 1.29 is 24.2 Å². The van der Waals surface area contributed by atoms with E-state index in [1.807, 2.05) is 0 Å². The van der Waals surface area contributed by atoms with Crippen LogP contribution in [0, 0.1) is 5.82 Å². The maximum atomic E-state index is 12.8. The van der Waals surface area contributed by atoms with Gasteiger partial charge in [-0.1, -0.05) is 0 Å². The molecule has 1 aromatic carbocycles. The number of aliphatic carboxylic acids is 1. The first-order valence-corrected chi connectivity index (χ1v) is 6.04. The number of carboxylic acid groups (broad SMARTS) is 1. The van der Waals surface area contributed by atoms with Crippen LogP contribution in [0.25, 0.3) is 0 Å². The van der Waals surface area contributed by atoms with Gasteiger partial charge in [0.05, 0.1) is 6.54 Å². The number of carbonyl (C=O) groups is 2. The number of nitrogens with zero attached hydrogens (tertiary/aromatic N) is 1. The molecule has 0 fully saturated rings. The minimum absolute atomic E-state index is 0.312. The molecule has 1 unspecified atom stereocenters. The zero-order valence-electron chi connectivity index (χ0n) is 11.3. The quantitative estimate of drug-likeness (QED) is 0.757. The van der Waals surface area contributed by atoms with E-state index >= 15 is 0 Å². The van der Waals surface area contributed by atoms with Gasteiger partial charge in [0.15, 0.2) is 5.60 Å². The fraction of sp³-hybridized carbons (Fsp3) is 0.385. The van der Waals surface area contributed by atoms with Gasteiger partial charge in [-0.05, 0) is 38.1 Å². The highest BCUT2D eigenvalue weighted by Gasteiger charge is 2.31. The van der Waals surface area contributed by atoms with E-state index < -0.39 is 30.0 Å². The molecule has 110 valence electrons. The summed E-state index contributed by atoms with van der Waals surface area (Å²) in [6, 6.07) is 4.75. The summed E-state index contributed by atoms with van der Waals surface area (Å²) in [6.45, 7) is 2.69. The van der Waals surface area contributed by atoms with Crippen molar-refractivity contribution in [3.05, 3.63) is 30.1 Å². The molecule has 0 heterocycles. The number of rotatable bonds is 5. The van der Waals surface area contributed by atoms with Crippen molar-refractivity contribution in [2.24, 2.45) is 0 Å². The van der Waals surface area contributed by atoms with E-state index in [9.17, 15) is 19.1 Å². The number of hydrogen-bond donors (Lipinski definition) is 3. The molecule has 0 aliphatic heterocycles. The number of nitrogens with one attached hydrogen (secondary N) is 1. The van der Waals surface area contributed by atoms with E-state index in [4.69, 9.17) is 5.11 Å². The fourth-order valence-electron chi connectivity index (χ4n) is 1.48. The smallest absolute Gasteiger partial charge is 0.337 e. The van der Waals surface area contributed by atoms with Gasteiger partial charge in [-0.3, -0.25) is 4.90 Å². The first kappa shape index (κ1) is 15.9. The van der Waals surface area contributed by atoms with Crippen LogP contribution in [-0.2, 0) is 4.79 Å². The van der Waals surface area contributed by atoms with Gasteiger partial charge in [0.25, 0.3) is 0 Å². The van der Waals surface area contributed by atoms with Crippen molar-refractivity contribution in [1.29, 1.82) is 0 Å². The van der Waals surface area contributed by atoms with Crippen LogP contribution in [0.2, 0.25) is 0 Å². The summed E-state index contributed by atoms with van der Waals surface area (Å²) >= 11 is 0. The van der Waals surface area contributed by atoms with E-state index in [0.29, 0.717) is 12.2 Å². The molecule has 1 atom stereocenters. The van der Waals surface area contributed by atoms with E-state index in [-0.39, 0.29) is 0 Å². The van der Waals surface area contributed by atoms with Gasteiger partial charge in [-0.15, -0.1) is 0 Å². The van der Waals surface area contributed by atoms with E-state index in [1.54, 1.807) is 6.92 Å². The maximum absolute atomic E-state index is 12.8. The van der Waals surface area contributed by atoms with Crippen LogP contribution in [0.4, 0.5) is 14.9 Å². The molecule has 0 bridgehead atoms. The number of benzene rings is 1. The summed E-state index contributed by atoms with van der Waals surface area (Å²) in [7, 11) is 0. The van der Waals surface area contributed by atoms with Gasteiger partial charge in [0.1, 0.15) is 5.82 Å². The van der Waals surface area contributed by atoms with Gasteiger partial charge in [0, 0.05) is 12.2 Å². The average Bonchev–Trinajstić information content (AvgIpc) is 2.39. The van der Waals surface area contributed by atoms with Gasteiger partial charge in [-0.25, -0.2) is 14.0 Å². The molecule has 20 heavy (non-hydrogen) atoms. The summed E-state index contributed by atoms with van der Waals surface area (Å²) in [6.07, 6.45) is 0. The third-order valence-electron chi connectivity index (χ3n) is 2.74. The predicted molar refractivity (Wildman–Crippen MR) is 71.1 cm³/mol. The predicted octanol–water partition coefficient (Wildman–Crippen LogP) is 1.20.